The van der Waals surface area contributed by atoms with Crippen LogP contribution in [-0.2, 0) is 4.79 Å². The molecule has 0 aliphatic carbocycles. The minimum Gasteiger partial charge on any atom is -0.312 e. The molecule has 17 heavy (non-hydrogen) atoms. The number of amides is 1. The van der Waals surface area contributed by atoms with Crippen molar-refractivity contribution in [3.63, 3.8) is 0 Å². The summed E-state index contributed by atoms with van der Waals surface area (Å²) in [5.74, 6) is 0.359. The van der Waals surface area contributed by atoms with Crippen molar-refractivity contribution in [3.8, 4) is 6.07 Å². The molecule has 1 heterocycles. The van der Waals surface area contributed by atoms with E-state index >= 15 is 0 Å². The summed E-state index contributed by atoms with van der Waals surface area (Å²) in [6, 6.07) is 7.61. The highest BCUT2D eigenvalue weighted by Crippen LogP contribution is 2.27. The van der Waals surface area contributed by atoms with Gasteiger partial charge < -0.3 is 4.90 Å². The summed E-state index contributed by atoms with van der Waals surface area (Å²) in [4.78, 5) is 13.6. The van der Waals surface area contributed by atoms with Gasteiger partial charge in [0.2, 0.25) is 5.91 Å². The second-order valence-corrected chi connectivity index (χ2v) is 4.32. The number of hydrogen-bond acceptors (Lipinski definition) is 2. The Bertz CT molecular complexity index is 513. The Labute approximate surface area is 101 Å². The minimum atomic E-state index is 0.124. The van der Waals surface area contributed by atoms with Crippen LogP contribution in [0.25, 0.3) is 0 Å². The van der Waals surface area contributed by atoms with E-state index in [0.717, 1.165) is 11.3 Å². The van der Waals surface area contributed by atoms with Crippen molar-refractivity contribution < 1.29 is 4.79 Å². The number of carbonyl (C=O) groups excluding carboxylic acids is 1. The number of aryl methyl sites for hydroxylation is 1. The lowest BCUT2D eigenvalue weighted by molar-refractivity contribution is -0.117. The Balaban J connectivity index is 2.30. The van der Waals surface area contributed by atoms with Crippen LogP contribution in [0.15, 0.2) is 30.9 Å². The number of carbonyl (C=O) groups is 1. The molecule has 1 aromatic carbocycles. The Kier molecular flexibility index (Phi) is 2.97. The van der Waals surface area contributed by atoms with E-state index < -0.39 is 0 Å². The first-order valence-electron chi connectivity index (χ1n) is 5.59. The first-order chi connectivity index (χ1) is 8.15. The average molecular weight is 226 g/mol. The molecule has 0 spiro atoms. The fourth-order valence-electron chi connectivity index (χ4n) is 2.08. The maximum absolute atomic E-state index is 11.8. The lowest BCUT2D eigenvalue weighted by Crippen LogP contribution is -2.24. The highest BCUT2D eigenvalue weighted by atomic mass is 16.2. The van der Waals surface area contributed by atoms with Crippen molar-refractivity contribution in [2.45, 2.75) is 13.3 Å². The minimum absolute atomic E-state index is 0.124. The summed E-state index contributed by atoms with van der Waals surface area (Å²) in [6.45, 7) is 6.30. The van der Waals surface area contributed by atoms with E-state index in [1.54, 1.807) is 11.0 Å². The number of nitrogens with zero attached hydrogens (tertiary/aromatic N) is 2. The zero-order chi connectivity index (χ0) is 12.4. The van der Waals surface area contributed by atoms with Crippen molar-refractivity contribution in [1.82, 2.24) is 0 Å². The Hall–Kier alpha value is -2.08. The second-order valence-electron chi connectivity index (χ2n) is 4.32. The molecule has 0 N–H and O–H groups in total. The molecule has 3 nitrogen and oxygen atoms in total. The lowest BCUT2D eigenvalue weighted by Gasteiger charge is -2.17. The molecule has 1 unspecified atom stereocenters. The van der Waals surface area contributed by atoms with Crippen molar-refractivity contribution in [2.24, 2.45) is 5.92 Å². The maximum atomic E-state index is 11.8. The molecular weight excluding hydrogens is 212 g/mol. The maximum Gasteiger partial charge on any atom is 0.227 e. The van der Waals surface area contributed by atoms with Gasteiger partial charge in [-0.1, -0.05) is 6.08 Å². The summed E-state index contributed by atoms with van der Waals surface area (Å²) in [7, 11) is 0. The molecule has 1 amide bonds. The van der Waals surface area contributed by atoms with Crippen molar-refractivity contribution in [2.75, 3.05) is 11.4 Å². The number of rotatable bonds is 2. The molecule has 1 aliphatic heterocycles. The van der Waals surface area contributed by atoms with Crippen LogP contribution in [0.3, 0.4) is 0 Å². The van der Waals surface area contributed by atoms with Gasteiger partial charge in [-0.25, -0.2) is 0 Å². The van der Waals surface area contributed by atoms with Crippen LogP contribution in [0.2, 0.25) is 0 Å². The summed E-state index contributed by atoms with van der Waals surface area (Å²) >= 11 is 0. The van der Waals surface area contributed by atoms with Crippen molar-refractivity contribution >= 4 is 11.6 Å². The predicted octanol–water partition coefficient (Wildman–Crippen LogP) is 2.41. The molecule has 1 fully saturated rings. The van der Waals surface area contributed by atoms with Crippen LogP contribution in [0.4, 0.5) is 5.69 Å². The van der Waals surface area contributed by atoms with Gasteiger partial charge in [-0.3, -0.25) is 4.79 Å². The van der Waals surface area contributed by atoms with Crippen molar-refractivity contribution in [3.05, 3.63) is 42.0 Å². The van der Waals surface area contributed by atoms with E-state index in [1.807, 2.05) is 25.1 Å². The number of benzene rings is 1. The van der Waals surface area contributed by atoms with E-state index in [-0.39, 0.29) is 11.8 Å². The monoisotopic (exact) mass is 226 g/mol. The third kappa shape index (κ3) is 2.07. The Morgan fingerprint density at radius 3 is 2.88 bits per heavy atom. The van der Waals surface area contributed by atoms with Gasteiger partial charge in [0.15, 0.2) is 0 Å². The van der Waals surface area contributed by atoms with E-state index in [1.165, 1.54) is 0 Å². The molecule has 2 rings (SSSR count). The van der Waals surface area contributed by atoms with Crippen LogP contribution >= 0.6 is 0 Å². The smallest absolute Gasteiger partial charge is 0.227 e. The van der Waals surface area contributed by atoms with Gasteiger partial charge in [0.25, 0.3) is 0 Å². The Morgan fingerprint density at radius 2 is 2.35 bits per heavy atom. The summed E-state index contributed by atoms with van der Waals surface area (Å²) in [5, 5.41) is 8.86. The standard InChI is InChI=1S/C14H14N2O/c1-3-11-7-14(17)16(9-11)13-5-4-12(8-15)10(2)6-13/h3-6,11H,1,7,9H2,2H3. The topological polar surface area (TPSA) is 44.1 Å². The van der Waals surface area contributed by atoms with E-state index in [9.17, 15) is 4.79 Å². The fraction of sp³-hybridized carbons (Fsp3) is 0.286. The number of anilines is 1. The zero-order valence-corrected chi connectivity index (χ0v) is 9.81. The predicted molar refractivity (Wildman–Crippen MR) is 66.6 cm³/mol. The van der Waals surface area contributed by atoms with Gasteiger partial charge in [-0.15, -0.1) is 6.58 Å². The van der Waals surface area contributed by atoms with Gasteiger partial charge in [-0.05, 0) is 30.7 Å². The molecule has 1 aliphatic rings. The summed E-state index contributed by atoms with van der Waals surface area (Å²) < 4.78 is 0. The molecule has 1 saturated heterocycles. The third-order valence-corrected chi connectivity index (χ3v) is 3.13. The number of hydrogen-bond donors (Lipinski definition) is 0. The van der Waals surface area contributed by atoms with Gasteiger partial charge in [0.1, 0.15) is 0 Å². The average Bonchev–Trinajstić information content (AvgIpc) is 2.70. The fourth-order valence-corrected chi connectivity index (χ4v) is 2.08. The quantitative estimate of drug-likeness (QED) is 0.727. The first kappa shape index (κ1) is 11.4. The molecule has 3 heteroatoms. The largest absolute Gasteiger partial charge is 0.312 e. The van der Waals surface area contributed by atoms with Crippen LogP contribution in [0.5, 0.6) is 0 Å². The van der Waals surface area contributed by atoms with Gasteiger partial charge in [0.05, 0.1) is 11.6 Å². The molecule has 1 aromatic rings. The molecular formula is C14H14N2O. The zero-order valence-electron chi connectivity index (χ0n) is 9.81. The SMILES string of the molecule is C=CC1CC(=O)N(c2ccc(C#N)c(C)c2)C1. The lowest BCUT2D eigenvalue weighted by atomic mass is 10.1. The summed E-state index contributed by atoms with van der Waals surface area (Å²) in [5.41, 5.74) is 2.43. The van der Waals surface area contributed by atoms with E-state index in [4.69, 9.17) is 5.26 Å². The first-order valence-corrected chi connectivity index (χ1v) is 5.59. The van der Waals surface area contributed by atoms with Gasteiger partial charge in [-0.2, -0.15) is 5.26 Å². The third-order valence-electron chi connectivity index (χ3n) is 3.13. The molecule has 86 valence electrons. The van der Waals surface area contributed by atoms with E-state index in [0.29, 0.717) is 18.5 Å². The highest BCUT2D eigenvalue weighted by molar-refractivity contribution is 5.96. The molecule has 0 aromatic heterocycles. The normalized spacial score (nSPS) is 19.2. The number of nitriles is 1. The second kappa shape index (κ2) is 4.42. The molecule has 0 bridgehead atoms. The molecule has 0 saturated carbocycles. The van der Waals surface area contributed by atoms with Crippen molar-refractivity contribution in [1.29, 1.82) is 5.26 Å². The van der Waals surface area contributed by atoms with Gasteiger partial charge >= 0.3 is 0 Å². The Morgan fingerprint density at radius 1 is 1.59 bits per heavy atom. The van der Waals surface area contributed by atoms with Crippen LogP contribution in [0, 0.1) is 24.2 Å². The van der Waals surface area contributed by atoms with Crippen LogP contribution < -0.4 is 4.90 Å². The van der Waals surface area contributed by atoms with Gasteiger partial charge in [0, 0.05) is 24.6 Å². The van der Waals surface area contributed by atoms with E-state index in [2.05, 4.69) is 12.6 Å². The highest BCUT2D eigenvalue weighted by Gasteiger charge is 2.28. The van der Waals surface area contributed by atoms with Crippen LogP contribution in [-0.4, -0.2) is 12.5 Å². The molecule has 0 radical (unpaired) electrons. The van der Waals surface area contributed by atoms with Crippen LogP contribution in [0.1, 0.15) is 17.5 Å². The summed E-state index contributed by atoms with van der Waals surface area (Å²) in [6.07, 6.45) is 2.36. The molecule has 1 atom stereocenters.